The monoisotopic (exact) mass is 226 g/mol. The fraction of sp³-hybridized carbons (Fsp3) is 0.200. The molecular formula is C10H11BrO. The predicted molar refractivity (Wildman–Crippen MR) is 54.0 cm³/mol. The van der Waals surface area contributed by atoms with Gasteiger partial charge >= 0.3 is 0 Å². The Kier molecular flexibility index (Phi) is 3.35. The van der Waals surface area contributed by atoms with E-state index in [2.05, 4.69) is 34.6 Å². The van der Waals surface area contributed by atoms with E-state index in [4.69, 9.17) is 4.74 Å². The molecule has 0 amide bonds. The van der Waals surface area contributed by atoms with E-state index >= 15 is 0 Å². The van der Waals surface area contributed by atoms with Gasteiger partial charge in [0.05, 0.1) is 12.9 Å². The van der Waals surface area contributed by atoms with Crippen molar-refractivity contribution in [2.75, 3.05) is 7.11 Å². The summed E-state index contributed by atoms with van der Waals surface area (Å²) in [5, 5.41) is 0. The van der Waals surface area contributed by atoms with Crippen molar-refractivity contribution in [2.24, 2.45) is 0 Å². The van der Waals surface area contributed by atoms with Crippen LogP contribution < -0.4 is 0 Å². The fourth-order valence-corrected chi connectivity index (χ4v) is 1.39. The van der Waals surface area contributed by atoms with Crippen LogP contribution in [0.5, 0.6) is 0 Å². The Hall–Kier alpha value is -0.760. The SMILES string of the molecule is C=C(Cc1cccc(Br)c1)OC. The van der Waals surface area contributed by atoms with Crippen molar-refractivity contribution in [3.8, 4) is 0 Å². The summed E-state index contributed by atoms with van der Waals surface area (Å²) in [5.41, 5.74) is 1.20. The molecule has 0 aromatic heterocycles. The average Bonchev–Trinajstić information content (AvgIpc) is 2.04. The first kappa shape index (κ1) is 9.33. The van der Waals surface area contributed by atoms with Crippen LogP contribution >= 0.6 is 15.9 Å². The lowest BCUT2D eigenvalue weighted by Crippen LogP contribution is -1.90. The standard InChI is InChI=1S/C10H11BrO/c1-8(12-2)6-9-4-3-5-10(11)7-9/h3-5,7H,1,6H2,2H3. The molecule has 2 heteroatoms. The minimum absolute atomic E-state index is 0.774. The smallest absolute Gasteiger partial charge is 0.0927 e. The molecule has 12 heavy (non-hydrogen) atoms. The largest absolute Gasteiger partial charge is 0.501 e. The third-order valence-electron chi connectivity index (χ3n) is 1.58. The van der Waals surface area contributed by atoms with E-state index in [0.717, 1.165) is 16.7 Å². The number of ether oxygens (including phenoxy) is 1. The second-order valence-corrected chi connectivity index (χ2v) is 3.47. The number of benzene rings is 1. The molecular weight excluding hydrogens is 216 g/mol. The van der Waals surface area contributed by atoms with Crippen LogP contribution in [-0.2, 0) is 11.2 Å². The first-order valence-corrected chi connectivity index (χ1v) is 4.48. The minimum atomic E-state index is 0.774. The highest BCUT2D eigenvalue weighted by molar-refractivity contribution is 9.10. The van der Waals surface area contributed by atoms with Gasteiger partial charge in [-0.15, -0.1) is 0 Å². The molecule has 0 saturated heterocycles. The Balaban J connectivity index is 2.69. The van der Waals surface area contributed by atoms with Gasteiger partial charge in [0.1, 0.15) is 0 Å². The zero-order chi connectivity index (χ0) is 8.97. The van der Waals surface area contributed by atoms with Crippen molar-refractivity contribution in [3.05, 3.63) is 46.6 Å². The fourth-order valence-electron chi connectivity index (χ4n) is 0.947. The third-order valence-corrected chi connectivity index (χ3v) is 2.07. The molecule has 0 unspecified atom stereocenters. The maximum absolute atomic E-state index is 4.98. The quantitative estimate of drug-likeness (QED) is 0.720. The molecule has 64 valence electrons. The van der Waals surface area contributed by atoms with Crippen molar-refractivity contribution in [1.82, 2.24) is 0 Å². The molecule has 0 saturated carbocycles. The molecule has 0 aliphatic rings. The van der Waals surface area contributed by atoms with Crippen LogP contribution in [-0.4, -0.2) is 7.11 Å². The lowest BCUT2D eigenvalue weighted by Gasteiger charge is -2.03. The third kappa shape index (κ3) is 2.70. The molecule has 0 bridgehead atoms. The van der Waals surface area contributed by atoms with E-state index in [-0.39, 0.29) is 0 Å². The van der Waals surface area contributed by atoms with Gasteiger partial charge in [0.15, 0.2) is 0 Å². The van der Waals surface area contributed by atoms with E-state index in [1.807, 2.05) is 12.1 Å². The van der Waals surface area contributed by atoms with Gasteiger partial charge in [-0.1, -0.05) is 34.6 Å². The summed E-state index contributed by atoms with van der Waals surface area (Å²) in [6, 6.07) is 8.11. The molecule has 1 nitrogen and oxygen atoms in total. The number of rotatable bonds is 3. The second kappa shape index (κ2) is 4.31. The highest BCUT2D eigenvalue weighted by Crippen LogP contribution is 2.14. The minimum Gasteiger partial charge on any atom is -0.501 e. The molecule has 0 spiro atoms. The van der Waals surface area contributed by atoms with Crippen LogP contribution in [0.2, 0.25) is 0 Å². The number of hydrogen-bond donors (Lipinski definition) is 0. The summed E-state index contributed by atoms with van der Waals surface area (Å²) >= 11 is 3.40. The van der Waals surface area contributed by atoms with Gasteiger partial charge in [-0.05, 0) is 17.7 Å². The number of hydrogen-bond acceptors (Lipinski definition) is 1. The lowest BCUT2D eigenvalue weighted by atomic mass is 10.1. The Bertz CT molecular complexity index is 281. The normalized spacial score (nSPS) is 9.50. The average molecular weight is 227 g/mol. The maximum Gasteiger partial charge on any atom is 0.0927 e. The first-order chi connectivity index (χ1) is 5.72. The second-order valence-electron chi connectivity index (χ2n) is 2.55. The van der Waals surface area contributed by atoms with Crippen LogP contribution in [0, 0.1) is 0 Å². The molecule has 0 aliphatic carbocycles. The van der Waals surface area contributed by atoms with Crippen molar-refractivity contribution < 1.29 is 4.74 Å². The Morgan fingerprint density at radius 2 is 2.33 bits per heavy atom. The number of halogens is 1. The molecule has 0 atom stereocenters. The Morgan fingerprint density at radius 1 is 1.58 bits per heavy atom. The predicted octanol–water partition coefficient (Wildman–Crippen LogP) is 3.15. The summed E-state index contributed by atoms with van der Waals surface area (Å²) in [5.74, 6) is 0.785. The molecule has 0 N–H and O–H groups in total. The topological polar surface area (TPSA) is 9.23 Å². The van der Waals surface area contributed by atoms with Gasteiger partial charge in [0, 0.05) is 10.9 Å². The van der Waals surface area contributed by atoms with E-state index in [1.54, 1.807) is 7.11 Å². The molecule has 1 aromatic rings. The van der Waals surface area contributed by atoms with Crippen molar-refractivity contribution in [2.45, 2.75) is 6.42 Å². The summed E-state index contributed by atoms with van der Waals surface area (Å²) in [7, 11) is 1.64. The highest BCUT2D eigenvalue weighted by atomic mass is 79.9. The molecule has 1 rings (SSSR count). The summed E-state index contributed by atoms with van der Waals surface area (Å²) < 4.78 is 6.07. The molecule has 0 radical (unpaired) electrons. The zero-order valence-corrected chi connectivity index (χ0v) is 8.60. The molecule has 0 aliphatic heterocycles. The van der Waals surface area contributed by atoms with Gasteiger partial charge in [0.2, 0.25) is 0 Å². The molecule has 0 heterocycles. The van der Waals surface area contributed by atoms with Crippen molar-refractivity contribution in [1.29, 1.82) is 0 Å². The van der Waals surface area contributed by atoms with E-state index in [1.165, 1.54) is 5.56 Å². The highest BCUT2D eigenvalue weighted by Gasteiger charge is 1.96. The van der Waals surface area contributed by atoms with Gasteiger partial charge in [-0.3, -0.25) is 0 Å². The van der Waals surface area contributed by atoms with Gasteiger partial charge in [0.25, 0.3) is 0 Å². The van der Waals surface area contributed by atoms with E-state index < -0.39 is 0 Å². The summed E-state index contributed by atoms with van der Waals surface area (Å²) in [6.07, 6.45) is 0.774. The van der Waals surface area contributed by atoms with Crippen LogP contribution in [0.3, 0.4) is 0 Å². The van der Waals surface area contributed by atoms with Crippen molar-refractivity contribution >= 4 is 15.9 Å². The molecule has 1 aromatic carbocycles. The van der Waals surface area contributed by atoms with Gasteiger partial charge in [-0.25, -0.2) is 0 Å². The van der Waals surface area contributed by atoms with Crippen LogP contribution in [0.4, 0.5) is 0 Å². The first-order valence-electron chi connectivity index (χ1n) is 3.68. The van der Waals surface area contributed by atoms with Crippen LogP contribution in [0.1, 0.15) is 5.56 Å². The van der Waals surface area contributed by atoms with E-state index in [0.29, 0.717) is 0 Å². The summed E-state index contributed by atoms with van der Waals surface area (Å²) in [4.78, 5) is 0. The van der Waals surface area contributed by atoms with Gasteiger partial charge in [-0.2, -0.15) is 0 Å². The van der Waals surface area contributed by atoms with Crippen LogP contribution in [0.25, 0.3) is 0 Å². The maximum atomic E-state index is 4.98. The van der Waals surface area contributed by atoms with Crippen LogP contribution in [0.15, 0.2) is 41.1 Å². The Labute approximate surface area is 81.2 Å². The zero-order valence-electron chi connectivity index (χ0n) is 7.01. The van der Waals surface area contributed by atoms with Crippen molar-refractivity contribution in [3.63, 3.8) is 0 Å². The van der Waals surface area contributed by atoms with E-state index in [9.17, 15) is 0 Å². The number of methoxy groups -OCH3 is 1. The Morgan fingerprint density at radius 3 is 2.92 bits per heavy atom. The summed E-state index contributed by atoms with van der Waals surface area (Å²) in [6.45, 7) is 3.76. The van der Waals surface area contributed by atoms with Gasteiger partial charge < -0.3 is 4.74 Å². The molecule has 0 fully saturated rings. The lowest BCUT2D eigenvalue weighted by molar-refractivity contribution is 0.285. The number of allylic oxidation sites excluding steroid dienone is 1.